The Morgan fingerprint density at radius 3 is 2.45 bits per heavy atom. The summed E-state index contributed by atoms with van der Waals surface area (Å²) in [4.78, 5) is 28.8. The van der Waals surface area contributed by atoms with E-state index in [9.17, 15) is 9.59 Å². The Kier molecular flexibility index (Phi) is 9.04. The molecule has 8 heteroatoms. The molecular weight excluding hydrogens is 394 g/mol. The van der Waals surface area contributed by atoms with Gasteiger partial charge in [0.15, 0.2) is 18.1 Å². The van der Waals surface area contributed by atoms with Gasteiger partial charge in [-0.1, -0.05) is 0 Å². The van der Waals surface area contributed by atoms with Gasteiger partial charge in [-0.05, 0) is 57.2 Å². The molecule has 2 saturated heterocycles. The van der Waals surface area contributed by atoms with Gasteiger partial charge >= 0.3 is 0 Å². The molecule has 0 aromatic heterocycles. The summed E-state index contributed by atoms with van der Waals surface area (Å²) in [7, 11) is 0. The quantitative estimate of drug-likeness (QED) is 0.756. The highest BCUT2D eigenvalue weighted by Crippen LogP contribution is 2.29. The molecule has 2 aliphatic rings. The van der Waals surface area contributed by atoms with Gasteiger partial charge in [0.25, 0.3) is 11.8 Å². The normalized spacial score (nSPS) is 19.3. The third kappa shape index (κ3) is 6.24. The van der Waals surface area contributed by atoms with Crippen LogP contribution in [0.25, 0.3) is 0 Å². The van der Waals surface area contributed by atoms with Gasteiger partial charge in [0.1, 0.15) is 0 Å². The predicted octanol–water partition coefficient (Wildman–Crippen LogP) is 2.46. The zero-order valence-corrected chi connectivity index (χ0v) is 17.9. The molecule has 7 nitrogen and oxygen atoms in total. The van der Waals surface area contributed by atoms with Crippen molar-refractivity contribution in [1.29, 1.82) is 0 Å². The van der Waals surface area contributed by atoms with E-state index in [2.05, 4.69) is 0 Å². The van der Waals surface area contributed by atoms with Crippen molar-refractivity contribution < 1.29 is 19.1 Å². The molecular formula is C21H32ClN3O4. The minimum absolute atomic E-state index is 0. The summed E-state index contributed by atoms with van der Waals surface area (Å²) in [5.74, 6) is 0.914. The molecule has 1 atom stereocenters. The highest BCUT2D eigenvalue weighted by atomic mass is 35.5. The van der Waals surface area contributed by atoms with Crippen LogP contribution in [-0.2, 0) is 4.79 Å². The molecule has 2 amide bonds. The minimum atomic E-state index is -0.0490. The second kappa shape index (κ2) is 11.3. The highest BCUT2D eigenvalue weighted by molar-refractivity contribution is 5.95. The predicted molar refractivity (Wildman–Crippen MR) is 114 cm³/mol. The van der Waals surface area contributed by atoms with Crippen molar-refractivity contribution in [3.63, 3.8) is 0 Å². The molecule has 0 saturated carbocycles. The molecule has 2 aliphatic heterocycles. The lowest BCUT2D eigenvalue weighted by molar-refractivity contribution is -0.134. The third-order valence-electron chi connectivity index (χ3n) is 5.30. The largest absolute Gasteiger partial charge is 0.490 e. The molecule has 29 heavy (non-hydrogen) atoms. The lowest BCUT2D eigenvalue weighted by Gasteiger charge is -2.31. The highest BCUT2D eigenvalue weighted by Gasteiger charge is 2.24. The maximum atomic E-state index is 12.8. The van der Waals surface area contributed by atoms with E-state index >= 15 is 0 Å². The van der Waals surface area contributed by atoms with Crippen LogP contribution in [0.4, 0.5) is 0 Å². The number of ether oxygens (including phenoxy) is 2. The monoisotopic (exact) mass is 425 g/mol. The summed E-state index contributed by atoms with van der Waals surface area (Å²) in [6.07, 6.45) is 5.15. The first-order valence-electron chi connectivity index (χ1n) is 10.3. The molecule has 0 radical (unpaired) electrons. The van der Waals surface area contributed by atoms with Gasteiger partial charge < -0.3 is 25.0 Å². The molecule has 0 bridgehead atoms. The minimum Gasteiger partial charge on any atom is -0.490 e. The number of nitrogens with zero attached hydrogens (tertiary/aromatic N) is 2. The molecule has 2 N–H and O–H groups in total. The van der Waals surface area contributed by atoms with Gasteiger partial charge in [-0.25, -0.2) is 0 Å². The van der Waals surface area contributed by atoms with E-state index in [1.54, 1.807) is 23.1 Å². The fourth-order valence-corrected chi connectivity index (χ4v) is 3.78. The molecule has 0 spiro atoms. The number of hydrogen-bond acceptors (Lipinski definition) is 5. The number of carbonyl (C=O) groups is 2. The van der Waals surface area contributed by atoms with Crippen LogP contribution in [0.5, 0.6) is 11.5 Å². The summed E-state index contributed by atoms with van der Waals surface area (Å²) in [5, 5.41) is 0. The molecule has 3 rings (SSSR count). The topological polar surface area (TPSA) is 85.1 Å². The third-order valence-corrected chi connectivity index (χ3v) is 5.30. The lowest BCUT2D eigenvalue weighted by Crippen LogP contribution is -2.45. The summed E-state index contributed by atoms with van der Waals surface area (Å²) in [6.45, 7) is 5.19. The Balaban J connectivity index is 0.00000300. The van der Waals surface area contributed by atoms with Crippen LogP contribution in [0.2, 0.25) is 0 Å². The number of likely N-dealkylation sites (tertiary alicyclic amines) is 2. The van der Waals surface area contributed by atoms with Crippen LogP contribution < -0.4 is 15.2 Å². The number of piperidine rings is 2. The van der Waals surface area contributed by atoms with Crippen molar-refractivity contribution in [3.8, 4) is 11.5 Å². The maximum Gasteiger partial charge on any atom is 0.260 e. The number of carbonyl (C=O) groups excluding carboxylic acids is 2. The van der Waals surface area contributed by atoms with Crippen LogP contribution in [-0.4, -0.2) is 67.0 Å². The lowest BCUT2D eigenvalue weighted by atomic mass is 10.1. The summed E-state index contributed by atoms with van der Waals surface area (Å²) >= 11 is 0. The van der Waals surface area contributed by atoms with Gasteiger partial charge in [-0.3, -0.25) is 9.59 Å². The number of hydrogen-bond donors (Lipinski definition) is 1. The van der Waals surface area contributed by atoms with Crippen LogP contribution in [0.3, 0.4) is 0 Å². The Labute approximate surface area is 178 Å². The van der Waals surface area contributed by atoms with Gasteiger partial charge in [0, 0.05) is 37.8 Å². The van der Waals surface area contributed by atoms with Gasteiger partial charge in [0.05, 0.1) is 6.61 Å². The Morgan fingerprint density at radius 1 is 1.03 bits per heavy atom. The zero-order chi connectivity index (χ0) is 19.9. The van der Waals surface area contributed by atoms with Crippen LogP contribution in [0.15, 0.2) is 18.2 Å². The van der Waals surface area contributed by atoms with Gasteiger partial charge in [-0.15, -0.1) is 12.4 Å². The van der Waals surface area contributed by atoms with E-state index in [-0.39, 0.29) is 36.9 Å². The molecule has 1 aromatic carbocycles. The fourth-order valence-electron chi connectivity index (χ4n) is 3.78. The summed E-state index contributed by atoms with van der Waals surface area (Å²) < 4.78 is 11.4. The number of rotatable bonds is 6. The van der Waals surface area contributed by atoms with Crippen LogP contribution in [0, 0.1) is 0 Å². The second-order valence-electron chi connectivity index (χ2n) is 7.48. The first-order chi connectivity index (χ1) is 13.6. The van der Waals surface area contributed by atoms with Crippen molar-refractivity contribution in [3.05, 3.63) is 23.8 Å². The van der Waals surface area contributed by atoms with E-state index in [4.69, 9.17) is 15.2 Å². The average Bonchev–Trinajstić information content (AvgIpc) is 2.73. The average molecular weight is 426 g/mol. The van der Waals surface area contributed by atoms with Gasteiger partial charge in [-0.2, -0.15) is 0 Å². The summed E-state index contributed by atoms with van der Waals surface area (Å²) in [5.41, 5.74) is 6.55. The SMILES string of the molecule is CCOc1cc(C(=O)N2CCCC(N)C2)ccc1OCC(=O)N1CCCCC1.Cl. The fraction of sp³-hybridized carbons (Fsp3) is 0.619. The van der Waals surface area contributed by atoms with E-state index in [0.29, 0.717) is 30.2 Å². The molecule has 2 heterocycles. The number of nitrogens with two attached hydrogens (primary N) is 1. The first-order valence-corrected chi connectivity index (χ1v) is 10.3. The molecule has 0 aliphatic carbocycles. The number of benzene rings is 1. The maximum absolute atomic E-state index is 12.8. The van der Waals surface area contributed by atoms with Crippen molar-refractivity contribution in [1.82, 2.24) is 9.80 Å². The molecule has 1 unspecified atom stereocenters. The van der Waals surface area contributed by atoms with Crippen LogP contribution >= 0.6 is 12.4 Å². The van der Waals surface area contributed by atoms with E-state index in [0.717, 1.165) is 45.3 Å². The van der Waals surface area contributed by atoms with E-state index in [1.807, 2.05) is 11.8 Å². The van der Waals surface area contributed by atoms with Crippen molar-refractivity contribution in [2.75, 3.05) is 39.4 Å². The molecule has 2 fully saturated rings. The second-order valence-corrected chi connectivity index (χ2v) is 7.48. The zero-order valence-electron chi connectivity index (χ0n) is 17.1. The van der Waals surface area contributed by atoms with E-state index in [1.165, 1.54) is 6.42 Å². The van der Waals surface area contributed by atoms with Gasteiger partial charge in [0.2, 0.25) is 0 Å². The van der Waals surface area contributed by atoms with Crippen molar-refractivity contribution in [2.24, 2.45) is 5.73 Å². The van der Waals surface area contributed by atoms with Crippen LogP contribution in [0.1, 0.15) is 49.4 Å². The molecule has 1 aromatic rings. The smallest absolute Gasteiger partial charge is 0.260 e. The van der Waals surface area contributed by atoms with Crippen molar-refractivity contribution in [2.45, 2.75) is 45.1 Å². The Hall–Kier alpha value is -1.99. The standard InChI is InChI=1S/C21H31N3O4.ClH/c1-2-27-19-13-16(21(26)24-12-6-7-17(22)14-24)8-9-18(19)28-15-20(25)23-10-4-3-5-11-23;/h8-9,13,17H,2-7,10-12,14-15,22H2,1H3;1H. The first kappa shape index (κ1) is 23.3. The van der Waals surface area contributed by atoms with Crippen molar-refractivity contribution >= 4 is 24.2 Å². The number of halogens is 1. The number of amides is 2. The Morgan fingerprint density at radius 2 is 1.76 bits per heavy atom. The van der Waals surface area contributed by atoms with E-state index < -0.39 is 0 Å². The molecule has 162 valence electrons. The summed E-state index contributed by atoms with van der Waals surface area (Å²) in [6, 6.07) is 5.18. The Bertz CT molecular complexity index is 695.